The van der Waals surface area contributed by atoms with Gasteiger partial charge in [-0.05, 0) is 50.2 Å². The molecule has 0 heterocycles. The molecule has 0 aromatic heterocycles. The first-order valence-corrected chi connectivity index (χ1v) is 11.7. The average molecular weight is 423 g/mol. The van der Waals surface area contributed by atoms with Gasteiger partial charge in [0.05, 0.1) is 11.9 Å². The highest BCUT2D eigenvalue weighted by Crippen LogP contribution is 2.21. The molecule has 0 saturated heterocycles. The molecule has 1 N–H and O–H groups in total. The van der Waals surface area contributed by atoms with Crippen LogP contribution < -0.4 is 14.4 Å². The van der Waals surface area contributed by atoms with Crippen molar-refractivity contribution in [1.82, 2.24) is 5.32 Å². The molecule has 0 saturated carbocycles. The lowest BCUT2D eigenvalue weighted by Gasteiger charge is -2.18. The van der Waals surface area contributed by atoms with E-state index in [1.807, 2.05) is 6.92 Å². The van der Waals surface area contributed by atoms with Gasteiger partial charge in [0.1, 0.15) is 5.75 Å². The summed E-state index contributed by atoms with van der Waals surface area (Å²) in [6.45, 7) is 4.27. The number of ether oxygens (including phenoxy) is 1. The maximum atomic E-state index is 12.2. The average Bonchev–Trinajstić information content (AvgIpc) is 2.65. The number of anilines is 1. The van der Waals surface area contributed by atoms with Crippen LogP contribution in [-0.2, 0) is 14.8 Å². The van der Waals surface area contributed by atoms with Crippen molar-refractivity contribution in [1.29, 1.82) is 0 Å². The van der Waals surface area contributed by atoms with E-state index in [1.165, 1.54) is 21.8 Å². The van der Waals surface area contributed by atoms with Gasteiger partial charge in [-0.1, -0.05) is 17.7 Å². The van der Waals surface area contributed by atoms with Gasteiger partial charge in [0.2, 0.25) is 10.0 Å². The second-order valence-electron chi connectivity index (χ2n) is 6.44. The largest absolute Gasteiger partial charge is 0.481 e. The zero-order valence-corrected chi connectivity index (χ0v) is 18.1. The van der Waals surface area contributed by atoms with Crippen molar-refractivity contribution in [2.45, 2.75) is 24.8 Å². The third kappa shape index (κ3) is 6.76. The lowest BCUT2D eigenvalue weighted by molar-refractivity contribution is -0.127. The summed E-state index contributed by atoms with van der Waals surface area (Å²) in [5.41, 5.74) is 1.75. The van der Waals surface area contributed by atoms with Gasteiger partial charge in [0, 0.05) is 24.2 Å². The van der Waals surface area contributed by atoms with Crippen LogP contribution >= 0.6 is 11.8 Å². The van der Waals surface area contributed by atoms with Crippen LogP contribution in [-0.4, -0.2) is 46.0 Å². The molecule has 8 heteroatoms. The fraction of sp³-hybridized carbons (Fsp3) is 0.350. The van der Waals surface area contributed by atoms with Gasteiger partial charge in [0.25, 0.3) is 5.91 Å². The molecule has 1 atom stereocenters. The second kappa shape index (κ2) is 9.84. The summed E-state index contributed by atoms with van der Waals surface area (Å²) in [6, 6.07) is 14.8. The Morgan fingerprint density at radius 1 is 1.14 bits per heavy atom. The highest BCUT2D eigenvalue weighted by atomic mass is 32.2. The Morgan fingerprint density at radius 3 is 2.32 bits per heavy atom. The number of rotatable bonds is 9. The monoisotopic (exact) mass is 422 g/mol. The maximum Gasteiger partial charge on any atom is 0.260 e. The first kappa shape index (κ1) is 22.1. The third-order valence-corrected chi connectivity index (χ3v) is 6.29. The molecule has 0 bridgehead atoms. The number of thioether (sulfide) groups is 1. The third-order valence-electron chi connectivity index (χ3n) is 4.07. The molecule has 6 nitrogen and oxygen atoms in total. The second-order valence-corrected chi connectivity index (χ2v) is 9.62. The molecule has 0 aliphatic heterocycles. The van der Waals surface area contributed by atoms with Crippen molar-refractivity contribution in [3.05, 3.63) is 54.1 Å². The summed E-state index contributed by atoms with van der Waals surface area (Å²) in [5.74, 6) is 1.08. The number of nitrogens with one attached hydrogen (secondary N) is 1. The molecule has 1 amide bonds. The van der Waals surface area contributed by atoms with Crippen LogP contribution in [0.4, 0.5) is 5.69 Å². The first-order chi connectivity index (χ1) is 13.2. The molecule has 28 heavy (non-hydrogen) atoms. The fourth-order valence-electron chi connectivity index (χ4n) is 2.31. The van der Waals surface area contributed by atoms with E-state index in [9.17, 15) is 13.2 Å². The number of benzene rings is 2. The smallest absolute Gasteiger partial charge is 0.260 e. The van der Waals surface area contributed by atoms with Crippen LogP contribution in [0.15, 0.2) is 53.4 Å². The molecule has 2 rings (SSSR count). The zero-order chi connectivity index (χ0) is 20.7. The van der Waals surface area contributed by atoms with Crippen LogP contribution in [0.1, 0.15) is 12.5 Å². The summed E-state index contributed by atoms with van der Waals surface area (Å²) in [4.78, 5) is 13.3. The van der Waals surface area contributed by atoms with Crippen LogP contribution in [0.5, 0.6) is 5.75 Å². The van der Waals surface area contributed by atoms with Crippen molar-refractivity contribution in [2.24, 2.45) is 0 Å². The normalized spacial score (nSPS) is 12.3. The number of carbonyl (C=O) groups excluding carboxylic acids is 1. The Balaban J connectivity index is 1.77. The van der Waals surface area contributed by atoms with Gasteiger partial charge in [-0.15, -0.1) is 11.8 Å². The van der Waals surface area contributed by atoms with E-state index in [4.69, 9.17) is 4.74 Å². The molecular formula is C20H26N2O4S2. The van der Waals surface area contributed by atoms with Crippen LogP contribution in [0, 0.1) is 6.92 Å². The Bertz CT molecular complexity index is 881. The predicted octanol–water partition coefficient (Wildman–Crippen LogP) is 3.07. The minimum atomic E-state index is -3.31. The summed E-state index contributed by atoms with van der Waals surface area (Å²) in [6.07, 6.45) is 0.490. The van der Waals surface area contributed by atoms with E-state index in [0.29, 0.717) is 18.0 Å². The van der Waals surface area contributed by atoms with E-state index in [-0.39, 0.29) is 5.91 Å². The quantitative estimate of drug-likeness (QED) is 0.497. The van der Waals surface area contributed by atoms with E-state index in [1.54, 1.807) is 43.0 Å². The van der Waals surface area contributed by atoms with E-state index in [2.05, 4.69) is 29.6 Å². The molecule has 2 aromatic rings. The van der Waals surface area contributed by atoms with Gasteiger partial charge < -0.3 is 10.1 Å². The number of sulfonamides is 1. The minimum Gasteiger partial charge on any atom is -0.481 e. The highest BCUT2D eigenvalue weighted by Gasteiger charge is 2.15. The molecule has 152 valence electrons. The molecule has 2 aromatic carbocycles. The van der Waals surface area contributed by atoms with Gasteiger partial charge in [-0.3, -0.25) is 9.10 Å². The number of aryl methyl sites for hydroxylation is 1. The Kier molecular flexibility index (Phi) is 7.77. The van der Waals surface area contributed by atoms with Crippen LogP contribution in [0.2, 0.25) is 0 Å². The van der Waals surface area contributed by atoms with E-state index >= 15 is 0 Å². The lowest BCUT2D eigenvalue weighted by Crippen LogP contribution is -2.37. The standard InChI is InChI=1S/C20H26N2O4S2/c1-15-5-11-19(12-6-15)27-14-13-21-20(23)16(2)26-18-9-7-17(8-10-18)22(3)28(4,24)25/h5-12,16H,13-14H2,1-4H3,(H,21,23)/t16-/m1/s1. The highest BCUT2D eigenvalue weighted by molar-refractivity contribution is 7.99. The van der Waals surface area contributed by atoms with Crippen molar-refractivity contribution in [2.75, 3.05) is 29.9 Å². The Morgan fingerprint density at radius 2 is 1.75 bits per heavy atom. The van der Waals surface area contributed by atoms with Gasteiger partial charge in [-0.2, -0.15) is 0 Å². The van der Waals surface area contributed by atoms with Crippen molar-refractivity contribution in [3.63, 3.8) is 0 Å². The molecule has 0 aliphatic rings. The minimum absolute atomic E-state index is 0.193. The number of hydrogen-bond donors (Lipinski definition) is 1. The summed E-state index contributed by atoms with van der Waals surface area (Å²) >= 11 is 1.68. The Labute approximate surface area is 171 Å². The molecule has 0 unspecified atom stereocenters. The number of nitrogens with zero attached hydrogens (tertiary/aromatic N) is 1. The lowest BCUT2D eigenvalue weighted by atomic mass is 10.2. The molecule has 0 spiro atoms. The molecule has 0 radical (unpaired) electrons. The fourth-order valence-corrected chi connectivity index (χ4v) is 3.58. The molecular weight excluding hydrogens is 396 g/mol. The van der Waals surface area contributed by atoms with Crippen molar-refractivity contribution < 1.29 is 17.9 Å². The molecule has 0 aliphatic carbocycles. The maximum absolute atomic E-state index is 12.2. The van der Waals surface area contributed by atoms with Gasteiger partial charge in [0.15, 0.2) is 6.10 Å². The summed E-state index contributed by atoms with van der Waals surface area (Å²) < 4.78 is 29.9. The van der Waals surface area contributed by atoms with Crippen molar-refractivity contribution in [3.8, 4) is 5.75 Å². The van der Waals surface area contributed by atoms with E-state index < -0.39 is 16.1 Å². The van der Waals surface area contributed by atoms with Gasteiger partial charge >= 0.3 is 0 Å². The van der Waals surface area contributed by atoms with Gasteiger partial charge in [-0.25, -0.2) is 8.42 Å². The predicted molar refractivity (Wildman–Crippen MR) is 115 cm³/mol. The topological polar surface area (TPSA) is 75.7 Å². The number of carbonyl (C=O) groups is 1. The number of hydrogen-bond acceptors (Lipinski definition) is 5. The van der Waals surface area contributed by atoms with Crippen LogP contribution in [0.25, 0.3) is 0 Å². The SMILES string of the molecule is Cc1ccc(SCCNC(=O)[C@@H](C)Oc2ccc(N(C)S(C)(=O)=O)cc2)cc1. The first-order valence-electron chi connectivity index (χ1n) is 8.84. The van der Waals surface area contributed by atoms with E-state index in [0.717, 1.165) is 12.0 Å². The van der Waals surface area contributed by atoms with Crippen LogP contribution in [0.3, 0.4) is 0 Å². The summed E-state index contributed by atoms with van der Waals surface area (Å²) in [5, 5.41) is 2.86. The zero-order valence-electron chi connectivity index (χ0n) is 16.5. The van der Waals surface area contributed by atoms with Crippen molar-refractivity contribution >= 4 is 33.4 Å². The number of amides is 1. The Hall–Kier alpha value is -2.19. The molecule has 0 fully saturated rings. The summed E-state index contributed by atoms with van der Waals surface area (Å²) in [7, 11) is -1.83.